The lowest BCUT2D eigenvalue weighted by atomic mass is 10.2. The molecule has 0 aliphatic rings. The van der Waals surface area contributed by atoms with Crippen molar-refractivity contribution in [2.75, 3.05) is 24.3 Å². The maximum absolute atomic E-state index is 11.9. The third kappa shape index (κ3) is 8.83. The van der Waals surface area contributed by atoms with E-state index in [1.165, 1.54) is 0 Å². The highest BCUT2D eigenvalue weighted by Crippen LogP contribution is 2.17. The van der Waals surface area contributed by atoms with Gasteiger partial charge in [-0.25, -0.2) is 4.79 Å². The van der Waals surface area contributed by atoms with Crippen LogP contribution in [0.3, 0.4) is 0 Å². The average molecular weight is 416 g/mol. The molecular weight excluding hydrogens is 390 g/mol. The molecule has 0 heterocycles. The quantitative estimate of drug-likeness (QED) is 0.335. The molecular formula is C22H25NO5S. The highest BCUT2D eigenvalue weighted by Gasteiger charge is 2.10. The number of rotatable bonds is 11. The van der Waals surface area contributed by atoms with Crippen LogP contribution in [-0.4, -0.2) is 36.8 Å². The first kappa shape index (κ1) is 22.5. The summed E-state index contributed by atoms with van der Waals surface area (Å²) in [5.41, 5.74) is 0.928. The van der Waals surface area contributed by atoms with Crippen molar-refractivity contribution in [3.8, 4) is 0 Å². The van der Waals surface area contributed by atoms with Crippen LogP contribution < -0.4 is 5.32 Å². The number of nitrogens with one attached hydrogen (secondary N) is 1. The molecule has 0 saturated carbocycles. The Hall–Kier alpha value is -2.80. The lowest BCUT2D eigenvalue weighted by Gasteiger charge is -2.08. The second-order valence-electron chi connectivity index (χ2n) is 6.19. The van der Waals surface area contributed by atoms with Gasteiger partial charge in [0.25, 0.3) is 5.91 Å². The molecule has 29 heavy (non-hydrogen) atoms. The number of thioether (sulfide) groups is 1. The van der Waals surface area contributed by atoms with Gasteiger partial charge in [-0.2, -0.15) is 0 Å². The first-order chi connectivity index (χ1) is 14.1. The molecule has 1 amide bonds. The Morgan fingerprint density at radius 1 is 0.966 bits per heavy atom. The van der Waals surface area contributed by atoms with Gasteiger partial charge in [-0.05, 0) is 42.8 Å². The zero-order chi connectivity index (χ0) is 20.9. The number of amides is 1. The Balaban J connectivity index is 1.66. The Bertz CT molecular complexity index is 793. The summed E-state index contributed by atoms with van der Waals surface area (Å²) >= 11 is 1.56. The van der Waals surface area contributed by atoms with Crippen LogP contribution in [0, 0.1) is 0 Å². The van der Waals surface area contributed by atoms with E-state index in [0.717, 1.165) is 17.7 Å². The van der Waals surface area contributed by atoms with E-state index in [4.69, 9.17) is 9.47 Å². The van der Waals surface area contributed by atoms with E-state index in [9.17, 15) is 14.4 Å². The molecule has 0 unspecified atom stereocenters. The molecule has 154 valence electrons. The first-order valence-corrected chi connectivity index (χ1v) is 10.5. The molecule has 7 heteroatoms. The molecule has 0 radical (unpaired) electrons. The number of hydrogen-bond donors (Lipinski definition) is 1. The average Bonchev–Trinajstić information content (AvgIpc) is 2.74. The minimum Gasteiger partial charge on any atom is -0.462 e. The summed E-state index contributed by atoms with van der Waals surface area (Å²) in [4.78, 5) is 36.6. The minimum atomic E-state index is -0.438. The van der Waals surface area contributed by atoms with Crippen molar-refractivity contribution in [1.82, 2.24) is 0 Å². The van der Waals surface area contributed by atoms with Crippen LogP contribution in [0.5, 0.6) is 0 Å². The van der Waals surface area contributed by atoms with Crippen molar-refractivity contribution < 1.29 is 23.9 Å². The van der Waals surface area contributed by atoms with E-state index in [1.54, 1.807) is 36.0 Å². The van der Waals surface area contributed by atoms with E-state index < -0.39 is 17.8 Å². The number of carbonyl (C=O) groups is 3. The lowest BCUT2D eigenvalue weighted by molar-refractivity contribution is -0.146. The smallest absolute Gasteiger partial charge is 0.338 e. The number of anilines is 1. The number of carbonyl (C=O) groups excluding carboxylic acids is 3. The van der Waals surface area contributed by atoms with Crippen molar-refractivity contribution in [1.29, 1.82) is 0 Å². The van der Waals surface area contributed by atoms with E-state index >= 15 is 0 Å². The second kappa shape index (κ2) is 12.6. The SMILES string of the molecule is CCCCOC(=O)c1ccc(NC(=O)COC(=O)CCSc2ccccc2)cc1. The first-order valence-electron chi connectivity index (χ1n) is 9.49. The second-order valence-corrected chi connectivity index (χ2v) is 7.36. The molecule has 6 nitrogen and oxygen atoms in total. The summed E-state index contributed by atoms with van der Waals surface area (Å²) in [6.07, 6.45) is 2.00. The molecule has 2 aromatic carbocycles. The van der Waals surface area contributed by atoms with Crippen molar-refractivity contribution in [3.63, 3.8) is 0 Å². The largest absolute Gasteiger partial charge is 0.462 e. The van der Waals surface area contributed by atoms with Crippen LogP contribution in [0.15, 0.2) is 59.5 Å². The molecule has 2 aromatic rings. The highest BCUT2D eigenvalue weighted by molar-refractivity contribution is 7.99. The van der Waals surface area contributed by atoms with Gasteiger partial charge >= 0.3 is 11.9 Å². The third-order valence-corrected chi connectivity index (χ3v) is 4.83. The molecule has 0 atom stereocenters. The zero-order valence-electron chi connectivity index (χ0n) is 16.4. The van der Waals surface area contributed by atoms with Crippen molar-refractivity contribution in [2.24, 2.45) is 0 Å². The summed E-state index contributed by atoms with van der Waals surface area (Å²) in [6, 6.07) is 16.1. The Labute approximate surface area is 175 Å². The molecule has 1 N–H and O–H groups in total. The molecule has 0 saturated heterocycles. The number of unbranched alkanes of at least 4 members (excludes halogenated alkanes) is 1. The molecule has 0 aliphatic heterocycles. The topological polar surface area (TPSA) is 81.7 Å². The van der Waals surface area contributed by atoms with Crippen LogP contribution in [0.4, 0.5) is 5.69 Å². The van der Waals surface area contributed by atoms with Crippen molar-refractivity contribution in [2.45, 2.75) is 31.1 Å². The summed E-state index contributed by atoms with van der Waals surface area (Å²) in [5, 5.41) is 2.62. The zero-order valence-corrected chi connectivity index (χ0v) is 17.2. The van der Waals surface area contributed by atoms with Gasteiger partial charge in [0.1, 0.15) is 0 Å². The lowest BCUT2D eigenvalue weighted by Crippen LogP contribution is -2.21. The number of esters is 2. The molecule has 0 aromatic heterocycles. The fraction of sp³-hybridized carbons (Fsp3) is 0.318. The van der Waals surface area contributed by atoms with Crippen molar-refractivity contribution in [3.05, 3.63) is 60.2 Å². The maximum atomic E-state index is 11.9. The predicted molar refractivity (Wildman–Crippen MR) is 113 cm³/mol. The van der Waals surface area contributed by atoms with E-state index in [1.807, 2.05) is 37.3 Å². The van der Waals surface area contributed by atoms with Gasteiger partial charge in [-0.1, -0.05) is 31.5 Å². The van der Waals surface area contributed by atoms with Gasteiger partial charge in [0.15, 0.2) is 6.61 Å². The van der Waals surface area contributed by atoms with Gasteiger partial charge in [-0.3, -0.25) is 9.59 Å². The van der Waals surface area contributed by atoms with Gasteiger partial charge < -0.3 is 14.8 Å². The van der Waals surface area contributed by atoms with Crippen LogP contribution in [-0.2, 0) is 19.1 Å². The van der Waals surface area contributed by atoms with E-state index in [2.05, 4.69) is 5.32 Å². The van der Waals surface area contributed by atoms with Gasteiger partial charge in [0, 0.05) is 16.3 Å². The van der Waals surface area contributed by atoms with Crippen LogP contribution in [0.1, 0.15) is 36.5 Å². The highest BCUT2D eigenvalue weighted by atomic mass is 32.2. The standard InChI is InChI=1S/C22H25NO5S/c1-2-3-14-27-22(26)17-9-11-18(12-10-17)23-20(24)16-28-21(25)13-15-29-19-7-5-4-6-8-19/h4-12H,2-3,13-16H2,1H3,(H,23,24). The molecule has 0 spiro atoms. The summed E-state index contributed by atoms with van der Waals surface area (Å²) < 4.78 is 10.1. The van der Waals surface area contributed by atoms with Crippen LogP contribution in [0.25, 0.3) is 0 Å². The summed E-state index contributed by atoms with van der Waals surface area (Å²) in [6.45, 7) is 2.06. The number of hydrogen-bond acceptors (Lipinski definition) is 6. The Morgan fingerprint density at radius 2 is 1.69 bits per heavy atom. The minimum absolute atomic E-state index is 0.224. The molecule has 0 fully saturated rings. The monoisotopic (exact) mass is 415 g/mol. The summed E-state index contributed by atoms with van der Waals surface area (Å²) in [7, 11) is 0. The number of benzene rings is 2. The Kier molecular flexibility index (Phi) is 9.78. The van der Waals surface area contributed by atoms with Crippen molar-refractivity contribution >= 4 is 35.3 Å². The van der Waals surface area contributed by atoms with Crippen LogP contribution in [0.2, 0.25) is 0 Å². The predicted octanol–water partition coefficient (Wildman–Crippen LogP) is 4.31. The fourth-order valence-corrected chi connectivity index (χ4v) is 3.12. The molecule has 0 bridgehead atoms. The third-order valence-electron chi connectivity index (χ3n) is 3.82. The molecule has 2 rings (SSSR count). The Morgan fingerprint density at radius 3 is 2.38 bits per heavy atom. The van der Waals surface area contributed by atoms with E-state index in [0.29, 0.717) is 23.6 Å². The fourth-order valence-electron chi connectivity index (χ4n) is 2.27. The maximum Gasteiger partial charge on any atom is 0.338 e. The van der Waals surface area contributed by atoms with E-state index in [-0.39, 0.29) is 13.0 Å². The van der Waals surface area contributed by atoms with Gasteiger partial charge in [-0.15, -0.1) is 11.8 Å². The molecule has 0 aliphatic carbocycles. The van der Waals surface area contributed by atoms with Crippen LogP contribution >= 0.6 is 11.8 Å². The van der Waals surface area contributed by atoms with Gasteiger partial charge in [0.2, 0.25) is 0 Å². The summed E-state index contributed by atoms with van der Waals surface area (Å²) in [5.74, 6) is -0.667. The van der Waals surface area contributed by atoms with Gasteiger partial charge in [0.05, 0.1) is 18.6 Å². The normalized spacial score (nSPS) is 10.2. The number of ether oxygens (including phenoxy) is 2.